The van der Waals surface area contributed by atoms with Crippen molar-refractivity contribution >= 4 is 23.1 Å². The van der Waals surface area contributed by atoms with Crippen LogP contribution in [0.2, 0.25) is 0 Å². The molecule has 1 amide bonds. The first-order valence-corrected chi connectivity index (χ1v) is 11.1. The number of Topliss-reactive ketones (excluding diaryl/α,β-unsaturated/α-hetero) is 1. The minimum atomic E-state index is -0.950. The molecule has 0 saturated carbocycles. The normalized spacial score (nSPS) is 16.9. The predicted molar refractivity (Wildman–Crippen MR) is 131 cm³/mol. The Labute approximate surface area is 203 Å². The van der Waals surface area contributed by atoms with E-state index in [9.17, 15) is 14.7 Å². The molecule has 3 aromatic carbocycles. The number of aliphatic hydroxyl groups excluding tert-OH is 1. The van der Waals surface area contributed by atoms with E-state index in [4.69, 9.17) is 14.7 Å². The topological polar surface area (TPSA) is 99.9 Å². The summed E-state index contributed by atoms with van der Waals surface area (Å²) in [5.41, 5.74) is 1.65. The number of nitriles is 1. The number of benzene rings is 3. The van der Waals surface area contributed by atoms with Crippen molar-refractivity contribution in [3.63, 3.8) is 0 Å². The number of amides is 1. The lowest BCUT2D eigenvalue weighted by Gasteiger charge is -2.26. The third kappa shape index (κ3) is 4.46. The number of rotatable bonds is 6. The molecule has 1 unspecified atom stereocenters. The summed E-state index contributed by atoms with van der Waals surface area (Å²) in [5, 5.41) is 20.5. The van der Waals surface area contributed by atoms with Crippen LogP contribution in [0.1, 0.15) is 36.6 Å². The first kappa shape index (κ1) is 23.6. The number of nitrogens with zero attached hydrogens (tertiary/aromatic N) is 2. The van der Waals surface area contributed by atoms with Crippen LogP contribution in [0.3, 0.4) is 0 Å². The summed E-state index contributed by atoms with van der Waals surface area (Å²) in [7, 11) is 1.50. The molecule has 0 bridgehead atoms. The highest BCUT2D eigenvalue weighted by molar-refractivity contribution is 6.51. The molecule has 4 rings (SSSR count). The fourth-order valence-corrected chi connectivity index (χ4v) is 4.13. The van der Waals surface area contributed by atoms with Crippen molar-refractivity contribution in [2.75, 3.05) is 12.0 Å². The molecule has 3 aromatic rings. The van der Waals surface area contributed by atoms with Crippen LogP contribution in [0, 0.1) is 11.3 Å². The molecule has 0 aromatic heterocycles. The maximum atomic E-state index is 13.3. The monoisotopic (exact) mass is 468 g/mol. The second kappa shape index (κ2) is 9.74. The van der Waals surface area contributed by atoms with Crippen LogP contribution in [0.5, 0.6) is 11.5 Å². The van der Waals surface area contributed by atoms with Gasteiger partial charge in [-0.15, -0.1) is 0 Å². The van der Waals surface area contributed by atoms with Crippen molar-refractivity contribution in [1.29, 1.82) is 5.26 Å². The lowest BCUT2D eigenvalue weighted by molar-refractivity contribution is -0.132. The van der Waals surface area contributed by atoms with Crippen LogP contribution < -0.4 is 14.4 Å². The third-order valence-corrected chi connectivity index (χ3v) is 5.63. The van der Waals surface area contributed by atoms with Gasteiger partial charge in [0.15, 0.2) is 0 Å². The maximum absolute atomic E-state index is 13.3. The van der Waals surface area contributed by atoms with Gasteiger partial charge >= 0.3 is 0 Å². The lowest BCUT2D eigenvalue weighted by Crippen LogP contribution is -2.29. The second-order valence-electron chi connectivity index (χ2n) is 8.26. The predicted octanol–water partition coefficient (Wildman–Crippen LogP) is 4.98. The molecule has 0 spiro atoms. The number of hydrogen-bond donors (Lipinski definition) is 1. The number of anilines is 1. The number of carbonyl (C=O) groups excluding carboxylic acids is 2. The van der Waals surface area contributed by atoms with Gasteiger partial charge in [0.25, 0.3) is 11.7 Å². The Hall–Kier alpha value is -4.57. The standard InChI is InChI=1S/C28H24N2O5/c1-17(2)35-21-8-6-7-19(15-21)26(31)24-25(22-9-4-5-10-23(22)34-3)30(28(33)27(24)32)20-13-11-18(16-29)12-14-20/h4-15,17,25,31H,1-3H3/b26-24+. The van der Waals surface area contributed by atoms with Crippen LogP contribution in [-0.4, -0.2) is 30.0 Å². The minimum Gasteiger partial charge on any atom is -0.507 e. The molecule has 35 heavy (non-hydrogen) atoms. The molecule has 176 valence electrons. The van der Waals surface area contributed by atoms with Gasteiger partial charge in [0.05, 0.1) is 36.5 Å². The first-order valence-electron chi connectivity index (χ1n) is 11.1. The highest BCUT2D eigenvalue weighted by atomic mass is 16.5. The van der Waals surface area contributed by atoms with Crippen LogP contribution in [0.25, 0.3) is 5.76 Å². The van der Waals surface area contributed by atoms with E-state index in [1.165, 1.54) is 12.0 Å². The highest BCUT2D eigenvalue weighted by Gasteiger charge is 2.47. The SMILES string of the molecule is COc1ccccc1C1/C(=C(\O)c2cccc(OC(C)C)c2)C(=O)C(=O)N1c1ccc(C#N)cc1. The smallest absolute Gasteiger partial charge is 0.300 e. The summed E-state index contributed by atoms with van der Waals surface area (Å²) in [4.78, 5) is 28.0. The fourth-order valence-electron chi connectivity index (χ4n) is 4.13. The van der Waals surface area contributed by atoms with Gasteiger partial charge in [0.2, 0.25) is 0 Å². The van der Waals surface area contributed by atoms with Crippen LogP contribution >= 0.6 is 0 Å². The van der Waals surface area contributed by atoms with Gasteiger partial charge < -0.3 is 14.6 Å². The average Bonchev–Trinajstić information content (AvgIpc) is 3.13. The Morgan fingerprint density at radius 1 is 1.03 bits per heavy atom. The van der Waals surface area contributed by atoms with Gasteiger partial charge in [-0.25, -0.2) is 0 Å². The molecule has 1 aliphatic heterocycles. The first-order chi connectivity index (χ1) is 16.8. The zero-order chi connectivity index (χ0) is 25.1. The second-order valence-corrected chi connectivity index (χ2v) is 8.26. The molecular formula is C28H24N2O5. The third-order valence-electron chi connectivity index (χ3n) is 5.63. The Bertz CT molecular complexity index is 1350. The van der Waals surface area contributed by atoms with Gasteiger partial charge in [0, 0.05) is 16.8 Å². The molecular weight excluding hydrogens is 444 g/mol. The lowest BCUT2D eigenvalue weighted by atomic mass is 9.94. The number of ether oxygens (including phenoxy) is 2. The van der Waals surface area contributed by atoms with E-state index in [0.717, 1.165) is 0 Å². The minimum absolute atomic E-state index is 0.0643. The van der Waals surface area contributed by atoms with Crippen molar-refractivity contribution in [2.45, 2.75) is 26.0 Å². The van der Waals surface area contributed by atoms with Crippen LogP contribution in [-0.2, 0) is 9.59 Å². The van der Waals surface area contributed by atoms with Crippen LogP contribution in [0.15, 0.2) is 78.4 Å². The molecule has 0 aliphatic carbocycles. The molecule has 7 nitrogen and oxygen atoms in total. The number of ketones is 1. The van der Waals surface area contributed by atoms with Crippen LogP contribution in [0.4, 0.5) is 5.69 Å². The Balaban J connectivity index is 1.93. The number of methoxy groups -OCH3 is 1. The molecule has 1 aliphatic rings. The van der Waals surface area contributed by atoms with E-state index in [0.29, 0.717) is 33.9 Å². The maximum Gasteiger partial charge on any atom is 0.300 e. The Morgan fingerprint density at radius 3 is 2.40 bits per heavy atom. The molecule has 0 radical (unpaired) electrons. The van der Waals surface area contributed by atoms with Crippen molar-refractivity contribution in [1.82, 2.24) is 0 Å². The summed E-state index contributed by atoms with van der Waals surface area (Å²) in [6, 6.07) is 21.2. The average molecular weight is 469 g/mol. The fraction of sp³-hybridized carbons (Fsp3) is 0.179. The highest BCUT2D eigenvalue weighted by Crippen LogP contribution is 2.45. The molecule has 1 heterocycles. The number of hydrogen-bond acceptors (Lipinski definition) is 6. The van der Waals surface area contributed by atoms with E-state index in [1.54, 1.807) is 72.8 Å². The number of para-hydroxylation sites is 1. The molecule has 7 heteroatoms. The van der Waals surface area contributed by atoms with Crippen molar-refractivity contribution in [3.05, 3.63) is 95.1 Å². The number of carbonyl (C=O) groups is 2. The zero-order valence-corrected chi connectivity index (χ0v) is 19.6. The van der Waals surface area contributed by atoms with E-state index in [-0.39, 0.29) is 17.4 Å². The largest absolute Gasteiger partial charge is 0.507 e. The summed E-state index contributed by atoms with van der Waals surface area (Å²) in [6.07, 6.45) is -0.0806. The molecule has 1 atom stereocenters. The Morgan fingerprint density at radius 2 is 1.74 bits per heavy atom. The van der Waals surface area contributed by atoms with Gasteiger partial charge in [-0.05, 0) is 56.3 Å². The van der Waals surface area contributed by atoms with Crippen molar-refractivity contribution < 1.29 is 24.2 Å². The summed E-state index contributed by atoms with van der Waals surface area (Å²) in [5.74, 6) is -0.940. The van der Waals surface area contributed by atoms with E-state index in [2.05, 4.69) is 0 Å². The summed E-state index contributed by atoms with van der Waals surface area (Å²) >= 11 is 0. The molecule has 1 fully saturated rings. The quantitative estimate of drug-likeness (QED) is 0.311. The zero-order valence-electron chi connectivity index (χ0n) is 19.6. The van der Waals surface area contributed by atoms with Crippen molar-refractivity contribution in [2.24, 2.45) is 0 Å². The van der Waals surface area contributed by atoms with E-state index >= 15 is 0 Å². The van der Waals surface area contributed by atoms with E-state index in [1.807, 2.05) is 19.9 Å². The molecule has 1 saturated heterocycles. The van der Waals surface area contributed by atoms with Gasteiger partial charge in [-0.1, -0.05) is 30.3 Å². The van der Waals surface area contributed by atoms with Gasteiger partial charge in [-0.3, -0.25) is 14.5 Å². The van der Waals surface area contributed by atoms with Crippen molar-refractivity contribution in [3.8, 4) is 17.6 Å². The van der Waals surface area contributed by atoms with E-state index < -0.39 is 17.7 Å². The summed E-state index contributed by atoms with van der Waals surface area (Å²) in [6.45, 7) is 3.77. The number of aliphatic hydroxyl groups is 1. The van der Waals surface area contributed by atoms with Gasteiger partial charge in [-0.2, -0.15) is 5.26 Å². The molecule has 1 N–H and O–H groups in total. The van der Waals surface area contributed by atoms with Gasteiger partial charge in [0.1, 0.15) is 17.3 Å². The summed E-state index contributed by atoms with van der Waals surface area (Å²) < 4.78 is 11.3. The Kier molecular flexibility index (Phi) is 6.56.